The zero-order valence-electron chi connectivity index (χ0n) is 10.7. The van der Waals surface area contributed by atoms with Gasteiger partial charge in [0.1, 0.15) is 4.32 Å². The van der Waals surface area contributed by atoms with Crippen molar-refractivity contribution in [1.29, 1.82) is 0 Å². The summed E-state index contributed by atoms with van der Waals surface area (Å²) < 4.78 is 0.875. The SMILES string of the molecule is S=C(NCCc1ccccc1)SCc1ccccc1. The van der Waals surface area contributed by atoms with Crippen LogP contribution in [0.5, 0.6) is 0 Å². The molecule has 0 atom stereocenters. The molecule has 0 saturated heterocycles. The molecule has 0 fully saturated rings. The Hall–Kier alpha value is -1.32. The molecule has 2 aromatic rings. The minimum Gasteiger partial charge on any atom is -0.371 e. The summed E-state index contributed by atoms with van der Waals surface area (Å²) in [6, 6.07) is 20.9. The summed E-state index contributed by atoms with van der Waals surface area (Å²) in [5.41, 5.74) is 2.64. The number of nitrogens with one attached hydrogen (secondary N) is 1. The maximum atomic E-state index is 5.32. The molecule has 0 spiro atoms. The Morgan fingerprint density at radius 1 is 0.895 bits per heavy atom. The molecule has 0 unspecified atom stereocenters. The minimum atomic E-state index is 0.875. The van der Waals surface area contributed by atoms with E-state index in [0.717, 1.165) is 23.0 Å². The van der Waals surface area contributed by atoms with Gasteiger partial charge in [-0.05, 0) is 17.5 Å². The lowest BCUT2D eigenvalue weighted by molar-refractivity contribution is 0.882. The molecule has 1 nitrogen and oxygen atoms in total. The first-order chi connectivity index (χ1) is 9.34. The molecule has 0 bridgehead atoms. The van der Waals surface area contributed by atoms with Gasteiger partial charge in [-0.15, -0.1) is 0 Å². The highest BCUT2D eigenvalue weighted by Gasteiger charge is 1.98. The van der Waals surface area contributed by atoms with Crippen molar-refractivity contribution in [3.63, 3.8) is 0 Å². The van der Waals surface area contributed by atoms with E-state index in [1.54, 1.807) is 11.8 Å². The van der Waals surface area contributed by atoms with Gasteiger partial charge in [0.15, 0.2) is 0 Å². The smallest absolute Gasteiger partial charge is 0.134 e. The topological polar surface area (TPSA) is 12.0 Å². The second kappa shape index (κ2) is 7.97. The first-order valence-electron chi connectivity index (χ1n) is 6.33. The maximum absolute atomic E-state index is 5.32. The first-order valence-corrected chi connectivity index (χ1v) is 7.72. The molecular formula is C16H17NS2. The lowest BCUT2D eigenvalue weighted by atomic mass is 10.2. The lowest BCUT2D eigenvalue weighted by Gasteiger charge is -2.07. The third kappa shape index (κ3) is 5.45. The number of rotatable bonds is 5. The molecule has 0 aromatic heterocycles. The number of thioether (sulfide) groups is 1. The summed E-state index contributed by atoms with van der Waals surface area (Å²) in [6.07, 6.45) is 1.01. The molecule has 0 radical (unpaired) electrons. The van der Waals surface area contributed by atoms with Crippen LogP contribution in [0.4, 0.5) is 0 Å². The monoisotopic (exact) mass is 287 g/mol. The summed E-state index contributed by atoms with van der Waals surface area (Å²) in [6.45, 7) is 0.893. The van der Waals surface area contributed by atoms with Crippen LogP contribution in [0, 0.1) is 0 Å². The molecular weight excluding hydrogens is 270 g/mol. The van der Waals surface area contributed by atoms with Crippen LogP contribution in [0.2, 0.25) is 0 Å². The van der Waals surface area contributed by atoms with Crippen LogP contribution in [-0.2, 0) is 12.2 Å². The van der Waals surface area contributed by atoms with Crippen molar-refractivity contribution in [2.24, 2.45) is 0 Å². The highest BCUT2D eigenvalue weighted by Crippen LogP contribution is 2.12. The van der Waals surface area contributed by atoms with Crippen LogP contribution in [0.1, 0.15) is 11.1 Å². The van der Waals surface area contributed by atoms with E-state index in [4.69, 9.17) is 12.2 Å². The number of hydrogen-bond acceptors (Lipinski definition) is 2. The third-order valence-electron chi connectivity index (χ3n) is 2.74. The fourth-order valence-electron chi connectivity index (χ4n) is 1.73. The second-order valence-corrected chi connectivity index (χ2v) is 5.88. The van der Waals surface area contributed by atoms with Crippen LogP contribution >= 0.6 is 24.0 Å². The van der Waals surface area contributed by atoms with Gasteiger partial charge >= 0.3 is 0 Å². The Kier molecular flexibility index (Phi) is 5.92. The normalized spacial score (nSPS) is 10.1. The van der Waals surface area contributed by atoms with Gasteiger partial charge in [0, 0.05) is 12.3 Å². The van der Waals surface area contributed by atoms with E-state index in [9.17, 15) is 0 Å². The summed E-state index contributed by atoms with van der Waals surface area (Å²) in [4.78, 5) is 0. The van der Waals surface area contributed by atoms with E-state index >= 15 is 0 Å². The van der Waals surface area contributed by atoms with Crippen LogP contribution < -0.4 is 5.32 Å². The van der Waals surface area contributed by atoms with Gasteiger partial charge in [-0.2, -0.15) is 0 Å². The number of benzene rings is 2. The Morgan fingerprint density at radius 2 is 1.47 bits per heavy atom. The van der Waals surface area contributed by atoms with Gasteiger partial charge < -0.3 is 5.32 Å². The molecule has 0 aliphatic heterocycles. The van der Waals surface area contributed by atoms with Crippen molar-refractivity contribution in [1.82, 2.24) is 5.32 Å². The number of hydrogen-bond donors (Lipinski definition) is 1. The van der Waals surface area contributed by atoms with Crippen LogP contribution in [0.3, 0.4) is 0 Å². The van der Waals surface area contributed by atoms with E-state index in [-0.39, 0.29) is 0 Å². The molecule has 98 valence electrons. The largest absolute Gasteiger partial charge is 0.371 e. The summed E-state index contributed by atoms with van der Waals surface area (Å²) in [5.74, 6) is 0.929. The predicted octanol–water partition coefficient (Wildman–Crippen LogP) is 4.04. The summed E-state index contributed by atoms with van der Waals surface area (Å²) >= 11 is 7.01. The van der Waals surface area contributed by atoms with Gasteiger partial charge in [0.05, 0.1) is 0 Å². The van der Waals surface area contributed by atoms with E-state index in [1.807, 2.05) is 12.1 Å². The molecule has 0 amide bonds. The first kappa shape index (κ1) is 14.1. The van der Waals surface area contributed by atoms with Crippen molar-refractivity contribution in [3.8, 4) is 0 Å². The molecule has 2 rings (SSSR count). The second-order valence-electron chi connectivity index (χ2n) is 4.22. The zero-order valence-corrected chi connectivity index (χ0v) is 12.3. The van der Waals surface area contributed by atoms with Gasteiger partial charge in [-0.25, -0.2) is 0 Å². The Bertz CT molecular complexity index is 497. The summed E-state index contributed by atoms with van der Waals surface area (Å²) in [7, 11) is 0. The van der Waals surface area contributed by atoms with E-state index < -0.39 is 0 Å². The molecule has 2 aromatic carbocycles. The fraction of sp³-hybridized carbons (Fsp3) is 0.188. The molecule has 0 aliphatic carbocycles. The van der Waals surface area contributed by atoms with Crippen molar-refractivity contribution >= 4 is 28.3 Å². The van der Waals surface area contributed by atoms with Crippen molar-refractivity contribution in [2.45, 2.75) is 12.2 Å². The quantitative estimate of drug-likeness (QED) is 0.834. The summed E-state index contributed by atoms with van der Waals surface area (Å²) in [5, 5.41) is 3.30. The Balaban J connectivity index is 1.65. The molecule has 0 heterocycles. The zero-order chi connectivity index (χ0) is 13.3. The highest BCUT2D eigenvalue weighted by atomic mass is 32.2. The minimum absolute atomic E-state index is 0.875. The van der Waals surface area contributed by atoms with Gasteiger partial charge in [0.2, 0.25) is 0 Å². The average molecular weight is 287 g/mol. The predicted molar refractivity (Wildman–Crippen MR) is 88.5 cm³/mol. The van der Waals surface area contributed by atoms with Crippen molar-refractivity contribution in [2.75, 3.05) is 6.54 Å². The van der Waals surface area contributed by atoms with Crippen molar-refractivity contribution < 1.29 is 0 Å². The van der Waals surface area contributed by atoms with Gasteiger partial charge in [-0.3, -0.25) is 0 Å². The Morgan fingerprint density at radius 3 is 2.11 bits per heavy atom. The van der Waals surface area contributed by atoms with Gasteiger partial charge in [-0.1, -0.05) is 84.6 Å². The molecule has 19 heavy (non-hydrogen) atoms. The van der Waals surface area contributed by atoms with E-state index in [0.29, 0.717) is 0 Å². The van der Waals surface area contributed by atoms with Crippen LogP contribution in [0.15, 0.2) is 60.7 Å². The molecule has 0 saturated carbocycles. The fourth-order valence-corrected chi connectivity index (χ4v) is 2.70. The lowest BCUT2D eigenvalue weighted by Crippen LogP contribution is -2.21. The Labute approximate surface area is 124 Å². The van der Waals surface area contributed by atoms with Crippen LogP contribution in [-0.4, -0.2) is 10.9 Å². The average Bonchev–Trinajstić information content (AvgIpc) is 2.47. The molecule has 0 aliphatic rings. The molecule has 1 N–H and O–H groups in total. The standard InChI is InChI=1S/C16H17NS2/c18-16(19-13-15-9-5-2-6-10-15)17-12-11-14-7-3-1-4-8-14/h1-10H,11-13H2,(H,17,18). The van der Waals surface area contributed by atoms with Crippen molar-refractivity contribution in [3.05, 3.63) is 71.8 Å². The van der Waals surface area contributed by atoms with Crippen LogP contribution in [0.25, 0.3) is 0 Å². The third-order valence-corrected chi connectivity index (χ3v) is 4.12. The highest BCUT2D eigenvalue weighted by molar-refractivity contribution is 8.22. The maximum Gasteiger partial charge on any atom is 0.134 e. The van der Waals surface area contributed by atoms with E-state index in [1.165, 1.54) is 11.1 Å². The molecule has 3 heteroatoms. The van der Waals surface area contributed by atoms with E-state index in [2.05, 4.69) is 53.8 Å². The number of thiocarbonyl (C=S) groups is 1. The van der Waals surface area contributed by atoms with Gasteiger partial charge in [0.25, 0.3) is 0 Å².